The van der Waals surface area contributed by atoms with Crippen LogP contribution >= 0.6 is 0 Å². The average Bonchev–Trinajstić information content (AvgIpc) is 2.44. The van der Waals surface area contributed by atoms with E-state index in [0.717, 1.165) is 33.0 Å². The van der Waals surface area contributed by atoms with E-state index in [1.807, 2.05) is 56.3 Å². The van der Waals surface area contributed by atoms with E-state index in [1.165, 1.54) is 0 Å². The molecule has 3 aromatic rings. The Morgan fingerprint density at radius 2 is 1.45 bits per heavy atom. The fraction of sp³-hybridized carbons (Fsp3) is 0.111. The van der Waals surface area contributed by atoms with E-state index < -0.39 is 0 Å². The Hall–Kier alpha value is -2.48. The van der Waals surface area contributed by atoms with Gasteiger partial charge in [0.1, 0.15) is 11.5 Å². The molecule has 0 bridgehead atoms. The summed E-state index contributed by atoms with van der Waals surface area (Å²) < 4.78 is 0. The first kappa shape index (κ1) is 12.5. The van der Waals surface area contributed by atoms with Crippen LogP contribution in [-0.2, 0) is 0 Å². The van der Waals surface area contributed by atoms with Crippen LogP contribution in [0.1, 0.15) is 11.1 Å². The zero-order valence-electron chi connectivity index (χ0n) is 11.5. The van der Waals surface area contributed by atoms with Gasteiger partial charge in [-0.3, -0.25) is 0 Å². The summed E-state index contributed by atoms with van der Waals surface area (Å²) >= 11 is 0. The molecule has 3 rings (SSSR count). The van der Waals surface area contributed by atoms with Gasteiger partial charge in [0.25, 0.3) is 0 Å². The van der Waals surface area contributed by atoms with E-state index in [-0.39, 0.29) is 5.75 Å². The smallest absolute Gasteiger partial charge is 0.124 e. The van der Waals surface area contributed by atoms with Crippen molar-refractivity contribution >= 4 is 10.8 Å². The molecule has 0 aliphatic rings. The molecular formula is C18H16O2. The van der Waals surface area contributed by atoms with Crippen molar-refractivity contribution in [2.24, 2.45) is 0 Å². The summed E-state index contributed by atoms with van der Waals surface area (Å²) in [5.41, 5.74) is 3.36. The number of aryl methyl sites for hydroxylation is 2. The molecule has 2 nitrogen and oxygen atoms in total. The van der Waals surface area contributed by atoms with E-state index in [9.17, 15) is 10.2 Å². The lowest BCUT2D eigenvalue weighted by Crippen LogP contribution is -1.87. The highest BCUT2D eigenvalue weighted by Gasteiger charge is 2.12. The van der Waals surface area contributed by atoms with Crippen LogP contribution in [0.2, 0.25) is 0 Å². The lowest BCUT2D eigenvalue weighted by Gasteiger charge is -2.12. The second-order valence-corrected chi connectivity index (χ2v) is 5.14. The zero-order chi connectivity index (χ0) is 14.3. The summed E-state index contributed by atoms with van der Waals surface area (Å²) in [5, 5.41) is 22.2. The van der Waals surface area contributed by atoms with Crippen LogP contribution in [0.3, 0.4) is 0 Å². The van der Waals surface area contributed by atoms with Crippen LogP contribution in [0.15, 0.2) is 48.5 Å². The van der Waals surface area contributed by atoms with Crippen molar-refractivity contribution in [3.05, 3.63) is 59.7 Å². The van der Waals surface area contributed by atoms with Crippen LogP contribution in [-0.4, -0.2) is 10.2 Å². The molecule has 0 aromatic heterocycles. The number of phenols is 2. The number of benzene rings is 3. The molecule has 0 unspecified atom stereocenters. The lowest BCUT2D eigenvalue weighted by molar-refractivity contribution is 0.466. The molecule has 2 N–H and O–H groups in total. The summed E-state index contributed by atoms with van der Waals surface area (Å²) in [6.45, 7) is 3.74. The third-order valence-corrected chi connectivity index (χ3v) is 3.69. The molecule has 0 amide bonds. The predicted molar refractivity (Wildman–Crippen MR) is 82.2 cm³/mol. The molecule has 0 aliphatic carbocycles. The number of phenolic OH excluding ortho intramolecular Hbond substituents is 2. The topological polar surface area (TPSA) is 40.5 Å². The van der Waals surface area contributed by atoms with E-state index >= 15 is 0 Å². The van der Waals surface area contributed by atoms with E-state index in [4.69, 9.17) is 0 Å². The van der Waals surface area contributed by atoms with Crippen molar-refractivity contribution in [1.82, 2.24) is 0 Å². The standard InChI is InChI=1S/C18H16O2/c1-11-9-14(10-12(2)18(11)20)17-15-6-4-3-5-13(15)7-8-16(17)19/h3-10,19-20H,1-2H3. The van der Waals surface area contributed by atoms with Crippen molar-refractivity contribution in [2.75, 3.05) is 0 Å². The molecule has 0 atom stereocenters. The van der Waals surface area contributed by atoms with Gasteiger partial charge in [0.05, 0.1) is 0 Å². The molecule has 2 heteroatoms. The predicted octanol–water partition coefficient (Wildman–Crippen LogP) is 4.53. The maximum Gasteiger partial charge on any atom is 0.124 e. The number of fused-ring (bicyclic) bond motifs is 1. The number of rotatable bonds is 1. The fourth-order valence-corrected chi connectivity index (χ4v) is 2.66. The van der Waals surface area contributed by atoms with Gasteiger partial charge in [-0.25, -0.2) is 0 Å². The molecule has 0 fully saturated rings. The van der Waals surface area contributed by atoms with Crippen molar-refractivity contribution in [2.45, 2.75) is 13.8 Å². The maximum absolute atomic E-state index is 10.3. The van der Waals surface area contributed by atoms with Gasteiger partial charge < -0.3 is 10.2 Å². The lowest BCUT2D eigenvalue weighted by atomic mass is 9.94. The third kappa shape index (κ3) is 1.90. The Morgan fingerprint density at radius 1 is 0.800 bits per heavy atom. The third-order valence-electron chi connectivity index (χ3n) is 3.69. The summed E-state index contributed by atoms with van der Waals surface area (Å²) in [4.78, 5) is 0. The molecule has 100 valence electrons. The second-order valence-electron chi connectivity index (χ2n) is 5.14. The van der Waals surface area contributed by atoms with Gasteiger partial charge in [-0.15, -0.1) is 0 Å². The van der Waals surface area contributed by atoms with Gasteiger partial charge in [0.2, 0.25) is 0 Å². The average molecular weight is 264 g/mol. The maximum atomic E-state index is 10.3. The van der Waals surface area contributed by atoms with Crippen LogP contribution in [0.25, 0.3) is 21.9 Å². The SMILES string of the molecule is Cc1cc(-c2c(O)ccc3ccccc23)cc(C)c1O. The summed E-state index contributed by atoms with van der Waals surface area (Å²) in [5.74, 6) is 0.571. The molecule has 0 aliphatic heterocycles. The molecular weight excluding hydrogens is 248 g/mol. The molecule has 0 spiro atoms. The Bertz CT molecular complexity index is 781. The van der Waals surface area contributed by atoms with Crippen molar-refractivity contribution in [3.8, 4) is 22.6 Å². The highest BCUT2D eigenvalue weighted by molar-refractivity contribution is 5.99. The minimum atomic E-state index is 0.258. The zero-order valence-corrected chi connectivity index (χ0v) is 11.5. The van der Waals surface area contributed by atoms with Gasteiger partial charge in [0, 0.05) is 5.56 Å². The summed E-state index contributed by atoms with van der Waals surface area (Å²) in [6.07, 6.45) is 0. The normalized spacial score (nSPS) is 10.9. The van der Waals surface area contributed by atoms with Gasteiger partial charge in [-0.1, -0.05) is 30.3 Å². The van der Waals surface area contributed by atoms with E-state index in [2.05, 4.69) is 0 Å². The van der Waals surface area contributed by atoms with Gasteiger partial charge in [-0.2, -0.15) is 0 Å². The molecule has 20 heavy (non-hydrogen) atoms. The first-order chi connectivity index (χ1) is 9.58. The van der Waals surface area contributed by atoms with Crippen LogP contribution in [0.5, 0.6) is 11.5 Å². The monoisotopic (exact) mass is 264 g/mol. The highest BCUT2D eigenvalue weighted by atomic mass is 16.3. The van der Waals surface area contributed by atoms with Crippen molar-refractivity contribution < 1.29 is 10.2 Å². The molecule has 0 saturated heterocycles. The molecule has 0 saturated carbocycles. The Kier molecular flexibility index (Phi) is 2.87. The Morgan fingerprint density at radius 3 is 2.15 bits per heavy atom. The van der Waals surface area contributed by atoms with E-state index in [1.54, 1.807) is 6.07 Å². The van der Waals surface area contributed by atoms with Crippen molar-refractivity contribution in [3.63, 3.8) is 0 Å². The summed E-state index contributed by atoms with van der Waals surface area (Å²) in [7, 11) is 0. The number of hydrogen-bond acceptors (Lipinski definition) is 2. The van der Waals surface area contributed by atoms with E-state index in [0.29, 0.717) is 5.75 Å². The number of aromatic hydroxyl groups is 2. The number of hydrogen-bond donors (Lipinski definition) is 2. The largest absolute Gasteiger partial charge is 0.507 e. The van der Waals surface area contributed by atoms with Crippen LogP contribution < -0.4 is 0 Å². The fourth-order valence-electron chi connectivity index (χ4n) is 2.66. The van der Waals surface area contributed by atoms with Gasteiger partial charge >= 0.3 is 0 Å². The quantitative estimate of drug-likeness (QED) is 0.677. The minimum Gasteiger partial charge on any atom is -0.507 e. The van der Waals surface area contributed by atoms with Gasteiger partial charge in [0.15, 0.2) is 0 Å². The molecule has 3 aromatic carbocycles. The molecule has 0 radical (unpaired) electrons. The Balaban J connectivity index is 2.37. The second kappa shape index (κ2) is 4.57. The van der Waals surface area contributed by atoms with Gasteiger partial charge in [-0.05, 0) is 59.5 Å². The molecule has 0 heterocycles. The highest BCUT2D eigenvalue weighted by Crippen LogP contribution is 2.38. The van der Waals surface area contributed by atoms with Crippen LogP contribution in [0.4, 0.5) is 0 Å². The summed E-state index contributed by atoms with van der Waals surface area (Å²) in [6, 6.07) is 15.4. The first-order valence-corrected chi connectivity index (χ1v) is 6.59. The first-order valence-electron chi connectivity index (χ1n) is 6.59. The Labute approximate surface area is 117 Å². The van der Waals surface area contributed by atoms with Crippen molar-refractivity contribution in [1.29, 1.82) is 0 Å². The minimum absolute atomic E-state index is 0.258. The van der Waals surface area contributed by atoms with Crippen LogP contribution in [0, 0.1) is 13.8 Å².